The van der Waals surface area contributed by atoms with Gasteiger partial charge in [0.15, 0.2) is 0 Å². The number of anilines is 1. The fourth-order valence-electron chi connectivity index (χ4n) is 5.63. The summed E-state index contributed by atoms with van der Waals surface area (Å²) in [5.41, 5.74) is 2.20. The number of halogens is 1. The Morgan fingerprint density at radius 1 is 0.735 bits per heavy atom. The topological polar surface area (TPSA) is 29.1 Å². The number of nitrogens with one attached hydrogen (secondary N) is 1. The average Bonchev–Trinajstić information content (AvgIpc) is 3.66. The summed E-state index contributed by atoms with van der Waals surface area (Å²) in [6.07, 6.45) is 1.64. The molecule has 2 nitrogen and oxygen atoms in total. The molecular formula is C30H29FNOP. The van der Waals surface area contributed by atoms with Gasteiger partial charge in [0.2, 0.25) is 0 Å². The minimum absolute atomic E-state index is 0.0357. The van der Waals surface area contributed by atoms with E-state index in [0.717, 1.165) is 29.7 Å². The van der Waals surface area contributed by atoms with Gasteiger partial charge in [-0.15, -0.1) is 0 Å². The van der Waals surface area contributed by atoms with Gasteiger partial charge in [0.1, 0.15) is 0 Å². The van der Waals surface area contributed by atoms with Crippen LogP contribution < -0.4 is 21.2 Å². The van der Waals surface area contributed by atoms with Crippen molar-refractivity contribution in [1.29, 1.82) is 0 Å². The molecule has 0 spiro atoms. The predicted octanol–water partition coefficient (Wildman–Crippen LogP) is 5.64. The molecule has 1 saturated carbocycles. The van der Waals surface area contributed by atoms with Crippen LogP contribution in [-0.4, -0.2) is 11.1 Å². The Morgan fingerprint density at radius 3 is 1.47 bits per heavy atom. The van der Waals surface area contributed by atoms with E-state index in [4.69, 9.17) is 0 Å². The van der Waals surface area contributed by atoms with Crippen molar-refractivity contribution in [3.8, 4) is 0 Å². The van der Waals surface area contributed by atoms with Crippen LogP contribution in [0.5, 0.6) is 0 Å². The standard InChI is InChI=1S/C30H29FNOP/c1-22-20-24(31)21-23(2)28(22)32-29(33)30(18-19-30)34(25-12-6-3-7-13-25,26-14-8-4-9-15-26)27-16-10-5-11-17-27/h3-17,20-21,34H,18-19H2,1-2H3,(H,32,33). The Bertz CT molecular complexity index is 1200. The monoisotopic (exact) mass is 469 g/mol. The molecule has 0 saturated heterocycles. The predicted molar refractivity (Wildman–Crippen MR) is 143 cm³/mol. The molecule has 1 aliphatic rings. The number of hydrogen-bond acceptors (Lipinski definition) is 1. The average molecular weight is 470 g/mol. The first-order valence-corrected chi connectivity index (χ1v) is 13.7. The Morgan fingerprint density at radius 2 is 1.12 bits per heavy atom. The number of aryl methyl sites for hydroxylation is 2. The van der Waals surface area contributed by atoms with Crippen LogP contribution in [0.4, 0.5) is 10.1 Å². The summed E-state index contributed by atoms with van der Waals surface area (Å²) >= 11 is 0. The van der Waals surface area contributed by atoms with E-state index in [-0.39, 0.29) is 11.7 Å². The van der Waals surface area contributed by atoms with E-state index in [2.05, 4.69) is 78.1 Å². The first kappa shape index (κ1) is 22.5. The summed E-state index contributed by atoms with van der Waals surface area (Å²) in [7, 11) is -2.79. The Hall–Kier alpha value is -3.29. The zero-order valence-corrected chi connectivity index (χ0v) is 20.5. The Labute approximate surface area is 201 Å². The number of hydrogen-bond donors (Lipinski definition) is 1. The molecule has 1 aliphatic carbocycles. The molecule has 4 aromatic rings. The Balaban J connectivity index is 1.74. The van der Waals surface area contributed by atoms with Crippen molar-refractivity contribution in [2.45, 2.75) is 31.8 Å². The molecule has 0 heterocycles. The molecule has 1 amide bonds. The van der Waals surface area contributed by atoms with E-state index in [1.54, 1.807) is 0 Å². The summed E-state index contributed by atoms with van der Waals surface area (Å²) in [4.78, 5) is 14.3. The van der Waals surface area contributed by atoms with Crippen LogP contribution in [0, 0.1) is 19.7 Å². The SMILES string of the molecule is Cc1cc(F)cc(C)c1NC(=O)C1([PH](c2ccccc2)(c2ccccc2)c2ccccc2)CC1. The first-order valence-electron chi connectivity index (χ1n) is 11.7. The van der Waals surface area contributed by atoms with Gasteiger partial charge in [0.05, 0.1) is 0 Å². The minimum atomic E-state index is -2.79. The van der Waals surface area contributed by atoms with E-state index in [1.807, 2.05) is 32.0 Å². The molecule has 0 atom stereocenters. The molecular weight excluding hydrogens is 440 g/mol. The second kappa shape index (κ2) is 8.81. The van der Waals surface area contributed by atoms with E-state index < -0.39 is 12.4 Å². The normalized spacial score (nSPS) is 14.9. The Kier molecular flexibility index (Phi) is 5.83. The summed E-state index contributed by atoms with van der Waals surface area (Å²) < 4.78 is 13.9. The van der Waals surface area contributed by atoms with Gasteiger partial charge in [-0.05, 0) is 0 Å². The van der Waals surface area contributed by atoms with Crippen molar-refractivity contribution in [2.75, 3.05) is 5.32 Å². The quantitative estimate of drug-likeness (QED) is 0.364. The first-order chi connectivity index (χ1) is 16.5. The summed E-state index contributed by atoms with van der Waals surface area (Å²) in [6.45, 7) is 3.70. The molecule has 0 bridgehead atoms. The molecule has 5 rings (SSSR count). The van der Waals surface area contributed by atoms with Crippen molar-refractivity contribution >= 4 is 34.8 Å². The zero-order chi connectivity index (χ0) is 23.8. The number of rotatable bonds is 6. The maximum absolute atomic E-state index is 14.3. The molecule has 4 aromatic carbocycles. The van der Waals surface area contributed by atoms with Gasteiger partial charge in [-0.25, -0.2) is 0 Å². The van der Waals surface area contributed by atoms with Crippen LogP contribution >= 0.6 is 7.26 Å². The summed E-state index contributed by atoms with van der Waals surface area (Å²) in [6, 6.07) is 34.6. The fourth-order valence-corrected chi connectivity index (χ4v) is 11.6. The van der Waals surface area contributed by atoms with E-state index in [0.29, 0.717) is 0 Å². The number of carbonyl (C=O) groups is 1. The van der Waals surface area contributed by atoms with Crippen LogP contribution in [0.15, 0.2) is 103 Å². The van der Waals surface area contributed by atoms with Crippen LogP contribution in [0.3, 0.4) is 0 Å². The van der Waals surface area contributed by atoms with Gasteiger partial charge in [0, 0.05) is 0 Å². The summed E-state index contributed by atoms with van der Waals surface area (Å²) in [5.74, 6) is -0.246. The van der Waals surface area contributed by atoms with E-state index in [1.165, 1.54) is 28.0 Å². The van der Waals surface area contributed by atoms with Crippen LogP contribution in [0.1, 0.15) is 24.0 Å². The van der Waals surface area contributed by atoms with Crippen LogP contribution in [0.2, 0.25) is 0 Å². The van der Waals surface area contributed by atoms with Gasteiger partial charge in [-0.3, -0.25) is 0 Å². The van der Waals surface area contributed by atoms with Crippen LogP contribution in [-0.2, 0) is 4.79 Å². The fraction of sp³-hybridized carbons (Fsp3) is 0.167. The van der Waals surface area contributed by atoms with E-state index in [9.17, 15) is 9.18 Å². The van der Waals surface area contributed by atoms with Crippen molar-refractivity contribution in [3.63, 3.8) is 0 Å². The molecule has 172 valence electrons. The summed E-state index contributed by atoms with van der Waals surface area (Å²) in [5, 5.41) is 6.40. The van der Waals surface area contributed by atoms with Gasteiger partial charge in [-0.2, -0.15) is 0 Å². The third-order valence-corrected chi connectivity index (χ3v) is 13.0. The molecule has 0 aliphatic heterocycles. The van der Waals surface area contributed by atoms with Crippen molar-refractivity contribution in [2.24, 2.45) is 0 Å². The van der Waals surface area contributed by atoms with Crippen LogP contribution in [0.25, 0.3) is 0 Å². The number of amides is 1. The zero-order valence-electron chi connectivity index (χ0n) is 19.5. The molecule has 4 heteroatoms. The van der Waals surface area contributed by atoms with Gasteiger partial charge >= 0.3 is 201 Å². The molecule has 0 unspecified atom stereocenters. The molecule has 0 radical (unpaired) electrons. The van der Waals surface area contributed by atoms with Crippen molar-refractivity contribution < 1.29 is 9.18 Å². The third kappa shape index (κ3) is 3.56. The molecule has 1 fully saturated rings. The van der Waals surface area contributed by atoms with Crippen molar-refractivity contribution in [1.82, 2.24) is 0 Å². The number of carbonyl (C=O) groups excluding carboxylic acids is 1. The number of benzene rings is 4. The second-order valence-electron chi connectivity index (χ2n) is 9.30. The molecule has 34 heavy (non-hydrogen) atoms. The van der Waals surface area contributed by atoms with Gasteiger partial charge < -0.3 is 0 Å². The van der Waals surface area contributed by atoms with Gasteiger partial charge in [0.25, 0.3) is 0 Å². The molecule has 0 aromatic heterocycles. The second-order valence-corrected chi connectivity index (χ2v) is 13.5. The van der Waals surface area contributed by atoms with Crippen molar-refractivity contribution in [3.05, 3.63) is 120 Å². The van der Waals surface area contributed by atoms with E-state index >= 15 is 0 Å². The third-order valence-electron chi connectivity index (χ3n) is 7.26. The maximum atomic E-state index is 14.3. The molecule has 1 N–H and O–H groups in total. The van der Waals surface area contributed by atoms with Gasteiger partial charge in [-0.1, -0.05) is 0 Å².